The molecule has 0 aliphatic carbocycles. The first-order valence-corrected chi connectivity index (χ1v) is 7.83. The number of benzene rings is 1. The van der Waals surface area contributed by atoms with Gasteiger partial charge in [0.1, 0.15) is 6.04 Å². The molecule has 2 N–H and O–H groups in total. The highest BCUT2D eigenvalue weighted by Crippen LogP contribution is 2.07. The molecule has 0 bridgehead atoms. The lowest BCUT2D eigenvalue weighted by Gasteiger charge is -2.14. The van der Waals surface area contributed by atoms with Crippen molar-refractivity contribution in [1.82, 2.24) is 4.72 Å². The van der Waals surface area contributed by atoms with Gasteiger partial charge in [-0.3, -0.25) is 9.59 Å². The van der Waals surface area contributed by atoms with Gasteiger partial charge >= 0.3 is 11.9 Å². The second-order valence-corrected chi connectivity index (χ2v) is 6.12. The number of carboxylic acids is 1. The quantitative estimate of drug-likeness (QED) is 0.677. The van der Waals surface area contributed by atoms with Crippen LogP contribution in [-0.2, 0) is 30.1 Å². The van der Waals surface area contributed by atoms with E-state index in [0.717, 1.165) is 0 Å². The van der Waals surface area contributed by atoms with Crippen LogP contribution in [0.25, 0.3) is 0 Å². The van der Waals surface area contributed by atoms with Crippen molar-refractivity contribution in [3.05, 3.63) is 35.9 Å². The standard InChI is InChI=1S/C13H17NO6S/c1-20-12(15)8-7-11(13(16)17)14-21(18,19)9-10-5-3-2-4-6-10/h2-6,11,14H,7-9H2,1H3,(H,16,17)/t11-/m0/s1. The van der Waals surface area contributed by atoms with E-state index in [1.54, 1.807) is 30.3 Å². The van der Waals surface area contributed by atoms with E-state index in [2.05, 4.69) is 9.46 Å². The van der Waals surface area contributed by atoms with E-state index < -0.39 is 28.0 Å². The third-order valence-electron chi connectivity index (χ3n) is 2.68. The fourth-order valence-corrected chi connectivity index (χ4v) is 3.02. The third-order valence-corrected chi connectivity index (χ3v) is 4.04. The summed E-state index contributed by atoms with van der Waals surface area (Å²) >= 11 is 0. The van der Waals surface area contributed by atoms with E-state index in [9.17, 15) is 18.0 Å². The normalized spacial score (nSPS) is 12.6. The highest BCUT2D eigenvalue weighted by Gasteiger charge is 2.25. The molecule has 0 saturated carbocycles. The summed E-state index contributed by atoms with van der Waals surface area (Å²) in [7, 11) is -2.64. The summed E-state index contributed by atoms with van der Waals surface area (Å²) < 4.78 is 30.4. The van der Waals surface area contributed by atoms with Gasteiger partial charge in [0.25, 0.3) is 0 Å². The number of aliphatic carboxylic acids is 1. The van der Waals surface area contributed by atoms with Gasteiger partial charge in [-0.25, -0.2) is 13.1 Å². The molecular weight excluding hydrogens is 298 g/mol. The Morgan fingerprint density at radius 3 is 2.43 bits per heavy atom. The van der Waals surface area contributed by atoms with Crippen molar-refractivity contribution in [2.45, 2.75) is 24.6 Å². The first-order valence-electron chi connectivity index (χ1n) is 6.17. The first kappa shape index (κ1) is 17.1. The van der Waals surface area contributed by atoms with E-state index >= 15 is 0 Å². The van der Waals surface area contributed by atoms with Gasteiger partial charge in [-0.05, 0) is 12.0 Å². The van der Waals surface area contributed by atoms with Gasteiger partial charge in [0, 0.05) is 6.42 Å². The zero-order valence-corrected chi connectivity index (χ0v) is 12.3. The number of carbonyl (C=O) groups is 2. The second-order valence-electron chi connectivity index (χ2n) is 4.37. The van der Waals surface area contributed by atoms with Crippen LogP contribution in [0.2, 0.25) is 0 Å². The molecule has 0 heterocycles. The van der Waals surface area contributed by atoms with Crippen molar-refractivity contribution in [2.75, 3.05) is 7.11 Å². The summed E-state index contributed by atoms with van der Waals surface area (Å²) in [5, 5.41) is 9.01. The van der Waals surface area contributed by atoms with Crippen molar-refractivity contribution in [3.63, 3.8) is 0 Å². The maximum Gasteiger partial charge on any atom is 0.321 e. The lowest BCUT2D eigenvalue weighted by molar-refractivity contribution is -0.142. The van der Waals surface area contributed by atoms with Crippen molar-refractivity contribution >= 4 is 22.0 Å². The molecule has 1 aromatic rings. The average molecular weight is 315 g/mol. The molecule has 0 amide bonds. The largest absolute Gasteiger partial charge is 0.480 e. The minimum atomic E-state index is -3.82. The van der Waals surface area contributed by atoms with E-state index in [1.165, 1.54) is 7.11 Å². The number of esters is 1. The van der Waals surface area contributed by atoms with Crippen LogP contribution < -0.4 is 4.72 Å². The SMILES string of the molecule is COC(=O)CC[C@H](NS(=O)(=O)Cc1ccccc1)C(=O)O. The van der Waals surface area contributed by atoms with Crippen LogP contribution in [0.1, 0.15) is 18.4 Å². The maximum absolute atomic E-state index is 11.9. The number of carboxylic acid groups (broad SMARTS) is 1. The Morgan fingerprint density at radius 1 is 1.29 bits per heavy atom. The molecule has 0 saturated heterocycles. The highest BCUT2D eigenvalue weighted by atomic mass is 32.2. The number of rotatable bonds is 8. The molecule has 7 nitrogen and oxygen atoms in total. The Balaban J connectivity index is 2.69. The number of carbonyl (C=O) groups excluding carboxylic acids is 1. The molecule has 8 heteroatoms. The van der Waals surface area contributed by atoms with Gasteiger partial charge in [0.15, 0.2) is 0 Å². The molecule has 1 atom stereocenters. The molecule has 116 valence electrons. The van der Waals surface area contributed by atoms with Gasteiger partial charge in [0.05, 0.1) is 12.9 Å². The Labute approximate surface area is 123 Å². The number of hydrogen-bond acceptors (Lipinski definition) is 5. The summed E-state index contributed by atoms with van der Waals surface area (Å²) in [5.41, 5.74) is 0.544. The van der Waals surface area contributed by atoms with Crippen molar-refractivity contribution < 1.29 is 27.9 Å². The molecule has 0 aliphatic rings. The first-order chi connectivity index (χ1) is 9.84. The number of hydrogen-bond donors (Lipinski definition) is 2. The summed E-state index contributed by atoms with van der Waals surface area (Å²) in [5.74, 6) is -2.26. The summed E-state index contributed by atoms with van der Waals surface area (Å²) in [6.07, 6.45) is -0.350. The molecule has 1 aromatic carbocycles. The predicted molar refractivity (Wildman–Crippen MR) is 74.9 cm³/mol. The zero-order chi connectivity index (χ0) is 15.9. The molecular formula is C13H17NO6S. The molecule has 0 aromatic heterocycles. The van der Waals surface area contributed by atoms with Crippen LogP contribution in [-0.4, -0.2) is 38.6 Å². The van der Waals surface area contributed by atoms with E-state index in [0.29, 0.717) is 5.56 Å². The minimum absolute atomic E-state index is 0.171. The van der Waals surface area contributed by atoms with Gasteiger partial charge in [-0.1, -0.05) is 30.3 Å². The Morgan fingerprint density at radius 2 is 1.90 bits per heavy atom. The third kappa shape index (κ3) is 6.37. The number of ether oxygens (including phenoxy) is 1. The molecule has 0 spiro atoms. The molecule has 1 rings (SSSR count). The lowest BCUT2D eigenvalue weighted by Crippen LogP contribution is -2.41. The number of nitrogens with one attached hydrogen (secondary N) is 1. The average Bonchev–Trinajstić information content (AvgIpc) is 2.43. The van der Waals surface area contributed by atoms with E-state index in [-0.39, 0.29) is 18.6 Å². The topological polar surface area (TPSA) is 110 Å². The molecule has 0 unspecified atom stereocenters. The van der Waals surface area contributed by atoms with Crippen LogP contribution in [0, 0.1) is 0 Å². The monoisotopic (exact) mass is 315 g/mol. The Kier molecular flexibility index (Phi) is 6.32. The highest BCUT2D eigenvalue weighted by molar-refractivity contribution is 7.88. The fraction of sp³-hybridized carbons (Fsp3) is 0.385. The Hall–Kier alpha value is -1.93. The van der Waals surface area contributed by atoms with Gasteiger partial charge < -0.3 is 9.84 Å². The van der Waals surface area contributed by atoms with Gasteiger partial charge in [0.2, 0.25) is 10.0 Å². The van der Waals surface area contributed by atoms with Gasteiger partial charge in [-0.2, -0.15) is 0 Å². The smallest absolute Gasteiger partial charge is 0.321 e. The number of sulfonamides is 1. The molecule has 0 fully saturated rings. The lowest BCUT2D eigenvalue weighted by atomic mass is 10.2. The summed E-state index contributed by atoms with van der Waals surface area (Å²) in [6, 6.07) is 7.03. The summed E-state index contributed by atoms with van der Waals surface area (Å²) in [4.78, 5) is 22.1. The van der Waals surface area contributed by atoms with E-state index in [1.807, 2.05) is 0 Å². The van der Waals surface area contributed by atoms with Crippen molar-refractivity contribution in [2.24, 2.45) is 0 Å². The van der Waals surface area contributed by atoms with Crippen LogP contribution in [0.4, 0.5) is 0 Å². The Bertz CT molecular complexity index is 584. The minimum Gasteiger partial charge on any atom is -0.480 e. The predicted octanol–water partition coefficient (Wildman–Crippen LogP) is 0.512. The molecule has 0 aliphatic heterocycles. The summed E-state index contributed by atoms with van der Waals surface area (Å²) in [6.45, 7) is 0. The van der Waals surface area contributed by atoms with E-state index in [4.69, 9.17) is 5.11 Å². The number of methoxy groups -OCH3 is 1. The second kappa shape index (κ2) is 7.75. The maximum atomic E-state index is 11.9. The van der Waals surface area contributed by atoms with Crippen LogP contribution in [0.15, 0.2) is 30.3 Å². The fourth-order valence-electron chi connectivity index (χ4n) is 1.65. The zero-order valence-electron chi connectivity index (χ0n) is 11.5. The van der Waals surface area contributed by atoms with Gasteiger partial charge in [-0.15, -0.1) is 0 Å². The molecule has 21 heavy (non-hydrogen) atoms. The van der Waals surface area contributed by atoms with Crippen molar-refractivity contribution in [1.29, 1.82) is 0 Å². The van der Waals surface area contributed by atoms with Crippen LogP contribution in [0.3, 0.4) is 0 Å². The van der Waals surface area contributed by atoms with Crippen LogP contribution in [0.5, 0.6) is 0 Å². The van der Waals surface area contributed by atoms with Crippen LogP contribution >= 0.6 is 0 Å². The van der Waals surface area contributed by atoms with Crippen molar-refractivity contribution in [3.8, 4) is 0 Å². The molecule has 0 radical (unpaired) electrons.